The number of pyridine rings is 1. The van der Waals surface area contributed by atoms with Crippen LogP contribution in [0.1, 0.15) is 15.9 Å². The van der Waals surface area contributed by atoms with Crippen LogP contribution in [0.5, 0.6) is 0 Å². The molecule has 3 aromatic rings. The fourth-order valence-corrected chi connectivity index (χ4v) is 2.88. The lowest BCUT2D eigenvalue weighted by Gasteiger charge is -2.03. The lowest BCUT2D eigenvalue weighted by molar-refractivity contribution is 0.102. The summed E-state index contributed by atoms with van der Waals surface area (Å²) in [5, 5.41) is 1.00. The summed E-state index contributed by atoms with van der Waals surface area (Å²) in [6.45, 7) is 2.06. The smallest absolute Gasteiger partial charge is 0.174 e. The molecule has 21 heavy (non-hydrogen) atoms. The van der Waals surface area contributed by atoms with Crippen molar-refractivity contribution in [2.45, 2.75) is 11.8 Å². The molecule has 0 atom stereocenters. The van der Waals surface area contributed by atoms with Gasteiger partial charge in [-0.2, -0.15) is 0 Å². The van der Waals surface area contributed by atoms with E-state index < -0.39 is 0 Å². The third-order valence-electron chi connectivity index (χ3n) is 3.30. The van der Waals surface area contributed by atoms with E-state index >= 15 is 0 Å². The third kappa shape index (κ3) is 3.31. The SMILES string of the molecule is Cc1ccc(SCC(=O)c2cnc3ccccc3c2)cc1. The van der Waals surface area contributed by atoms with Crippen LogP contribution in [0.3, 0.4) is 0 Å². The molecule has 0 saturated carbocycles. The molecule has 0 spiro atoms. The van der Waals surface area contributed by atoms with Crippen LogP contribution in [0, 0.1) is 6.92 Å². The minimum Gasteiger partial charge on any atom is -0.293 e. The van der Waals surface area contributed by atoms with Gasteiger partial charge in [-0.3, -0.25) is 9.78 Å². The van der Waals surface area contributed by atoms with E-state index in [1.165, 1.54) is 5.56 Å². The number of benzene rings is 2. The molecule has 0 amide bonds. The van der Waals surface area contributed by atoms with Crippen LogP contribution < -0.4 is 0 Å². The van der Waals surface area contributed by atoms with Crippen molar-refractivity contribution >= 4 is 28.4 Å². The van der Waals surface area contributed by atoms with Crippen LogP contribution in [0.25, 0.3) is 10.9 Å². The average molecular weight is 293 g/mol. The van der Waals surface area contributed by atoms with Gasteiger partial charge >= 0.3 is 0 Å². The molecule has 104 valence electrons. The van der Waals surface area contributed by atoms with Crippen molar-refractivity contribution < 1.29 is 4.79 Å². The van der Waals surface area contributed by atoms with Gasteiger partial charge in [-0.15, -0.1) is 11.8 Å². The average Bonchev–Trinajstić information content (AvgIpc) is 2.53. The highest BCUT2D eigenvalue weighted by molar-refractivity contribution is 8.00. The minimum atomic E-state index is 0.110. The fourth-order valence-electron chi connectivity index (χ4n) is 2.09. The van der Waals surface area contributed by atoms with Crippen molar-refractivity contribution in [2.75, 3.05) is 5.75 Å². The number of aromatic nitrogens is 1. The van der Waals surface area contributed by atoms with E-state index in [2.05, 4.69) is 24.0 Å². The molecule has 0 aliphatic heterocycles. The number of carbonyl (C=O) groups excluding carboxylic acids is 1. The van der Waals surface area contributed by atoms with E-state index in [1.807, 2.05) is 42.5 Å². The van der Waals surface area contributed by atoms with Gasteiger partial charge in [0.1, 0.15) is 0 Å². The van der Waals surface area contributed by atoms with Crippen molar-refractivity contribution in [3.8, 4) is 0 Å². The van der Waals surface area contributed by atoms with Crippen molar-refractivity contribution in [1.29, 1.82) is 0 Å². The normalized spacial score (nSPS) is 10.7. The number of hydrogen-bond acceptors (Lipinski definition) is 3. The first-order valence-corrected chi connectivity index (χ1v) is 7.78. The number of nitrogens with zero attached hydrogens (tertiary/aromatic N) is 1. The molecule has 0 bridgehead atoms. The number of rotatable bonds is 4. The predicted molar refractivity (Wildman–Crippen MR) is 88.0 cm³/mol. The molecule has 0 aliphatic carbocycles. The molecular weight excluding hydrogens is 278 g/mol. The van der Waals surface area contributed by atoms with E-state index in [-0.39, 0.29) is 5.78 Å². The largest absolute Gasteiger partial charge is 0.293 e. The van der Waals surface area contributed by atoms with E-state index in [1.54, 1.807) is 18.0 Å². The van der Waals surface area contributed by atoms with Gasteiger partial charge in [0, 0.05) is 22.0 Å². The second-order valence-electron chi connectivity index (χ2n) is 4.94. The summed E-state index contributed by atoms with van der Waals surface area (Å²) in [4.78, 5) is 17.7. The van der Waals surface area contributed by atoms with Gasteiger partial charge in [-0.05, 0) is 31.2 Å². The van der Waals surface area contributed by atoms with Crippen LogP contribution in [0.4, 0.5) is 0 Å². The van der Waals surface area contributed by atoms with Gasteiger partial charge in [-0.25, -0.2) is 0 Å². The molecule has 1 heterocycles. The molecule has 0 aliphatic rings. The fraction of sp³-hybridized carbons (Fsp3) is 0.111. The Kier molecular flexibility index (Phi) is 4.02. The predicted octanol–water partition coefficient (Wildman–Crippen LogP) is 4.52. The number of carbonyl (C=O) groups is 1. The number of hydrogen-bond donors (Lipinski definition) is 0. The lowest BCUT2D eigenvalue weighted by Crippen LogP contribution is -2.03. The van der Waals surface area contributed by atoms with Crippen molar-refractivity contribution in [3.63, 3.8) is 0 Å². The number of fused-ring (bicyclic) bond motifs is 1. The Morgan fingerprint density at radius 1 is 1.10 bits per heavy atom. The molecular formula is C18H15NOS. The number of aryl methyl sites for hydroxylation is 1. The number of para-hydroxylation sites is 1. The summed E-state index contributed by atoms with van der Waals surface area (Å²) in [5.41, 5.74) is 2.82. The first-order valence-electron chi connectivity index (χ1n) is 6.80. The Hall–Kier alpha value is -2.13. The summed E-state index contributed by atoms with van der Waals surface area (Å²) in [7, 11) is 0. The Bertz CT molecular complexity index is 781. The standard InChI is InChI=1S/C18H15NOS/c1-13-6-8-16(9-7-13)21-12-18(20)15-10-14-4-2-3-5-17(14)19-11-15/h2-11H,12H2,1H3. The maximum atomic E-state index is 12.3. The van der Waals surface area contributed by atoms with Gasteiger partial charge in [0.2, 0.25) is 0 Å². The molecule has 2 aromatic carbocycles. The molecule has 0 fully saturated rings. The zero-order valence-electron chi connectivity index (χ0n) is 11.7. The maximum Gasteiger partial charge on any atom is 0.174 e. The second kappa shape index (κ2) is 6.10. The number of thioether (sulfide) groups is 1. The highest BCUT2D eigenvalue weighted by atomic mass is 32.2. The van der Waals surface area contributed by atoms with E-state index in [0.29, 0.717) is 11.3 Å². The molecule has 0 radical (unpaired) electrons. The summed E-state index contributed by atoms with van der Waals surface area (Å²) >= 11 is 1.56. The number of Topliss-reactive ketones (excluding diaryl/α,β-unsaturated/α-hetero) is 1. The van der Waals surface area contributed by atoms with Crippen molar-refractivity contribution in [3.05, 3.63) is 71.9 Å². The van der Waals surface area contributed by atoms with Crippen molar-refractivity contribution in [2.24, 2.45) is 0 Å². The third-order valence-corrected chi connectivity index (χ3v) is 4.32. The topological polar surface area (TPSA) is 30.0 Å². The summed E-state index contributed by atoms with van der Waals surface area (Å²) in [6.07, 6.45) is 1.67. The highest BCUT2D eigenvalue weighted by Gasteiger charge is 2.08. The Morgan fingerprint density at radius 2 is 1.86 bits per heavy atom. The maximum absolute atomic E-state index is 12.3. The Labute approximate surface area is 128 Å². The van der Waals surface area contributed by atoms with Crippen LogP contribution >= 0.6 is 11.8 Å². The summed E-state index contributed by atoms with van der Waals surface area (Å²) < 4.78 is 0. The van der Waals surface area contributed by atoms with Gasteiger partial charge in [-0.1, -0.05) is 35.9 Å². The molecule has 1 aromatic heterocycles. The van der Waals surface area contributed by atoms with Crippen LogP contribution in [0.2, 0.25) is 0 Å². The van der Waals surface area contributed by atoms with Gasteiger partial charge in [0.25, 0.3) is 0 Å². The quantitative estimate of drug-likeness (QED) is 0.523. The van der Waals surface area contributed by atoms with Gasteiger partial charge < -0.3 is 0 Å². The van der Waals surface area contributed by atoms with Crippen molar-refractivity contribution in [1.82, 2.24) is 4.98 Å². The molecule has 0 unspecified atom stereocenters. The minimum absolute atomic E-state index is 0.110. The Balaban J connectivity index is 1.73. The van der Waals surface area contributed by atoms with Crippen LogP contribution in [-0.2, 0) is 0 Å². The van der Waals surface area contributed by atoms with Gasteiger partial charge in [0.15, 0.2) is 5.78 Å². The number of ketones is 1. The van der Waals surface area contributed by atoms with Crippen LogP contribution in [0.15, 0.2) is 65.7 Å². The molecule has 0 saturated heterocycles. The van der Waals surface area contributed by atoms with E-state index in [9.17, 15) is 4.79 Å². The summed E-state index contributed by atoms with van der Waals surface area (Å²) in [6, 6.07) is 18.0. The monoisotopic (exact) mass is 293 g/mol. The second-order valence-corrected chi connectivity index (χ2v) is 5.99. The highest BCUT2D eigenvalue weighted by Crippen LogP contribution is 2.20. The van der Waals surface area contributed by atoms with Crippen LogP contribution in [-0.4, -0.2) is 16.5 Å². The lowest BCUT2D eigenvalue weighted by atomic mass is 10.1. The zero-order valence-corrected chi connectivity index (χ0v) is 12.6. The molecule has 2 nitrogen and oxygen atoms in total. The van der Waals surface area contributed by atoms with Gasteiger partial charge in [0.05, 0.1) is 11.3 Å². The first kappa shape index (κ1) is 13.8. The first-order chi connectivity index (χ1) is 10.2. The van der Waals surface area contributed by atoms with E-state index in [4.69, 9.17) is 0 Å². The summed E-state index contributed by atoms with van der Waals surface area (Å²) in [5.74, 6) is 0.544. The van der Waals surface area contributed by atoms with E-state index in [0.717, 1.165) is 15.8 Å². The molecule has 3 rings (SSSR count). The zero-order chi connectivity index (χ0) is 14.7. The molecule has 3 heteroatoms. The molecule has 0 N–H and O–H groups in total. The Morgan fingerprint density at radius 3 is 2.67 bits per heavy atom.